The van der Waals surface area contributed by atoms with Crippen molar-refractivity contribution in [2.75, 3.05) is 18.0 Å². The Bertz CT molecular complexity index is 622. The van der Waals surface area contributed by atoms with Crippen LogP contribution >= 0.6 is 11.3 Å². The van der Waals surface area contributed by atoms with Crippen LogP contribution in [0.15, 0.2) is 11.6 Å². The number of anilines is 1. The van der Waals surface area contributed by atoms with Crippen molar-refractivity contribution >= 4 is 27.9 Å². The lowest BCUT2D eigenvalue weighted by Gasteiger charge is -2.20. The summed E-state index contributed by atoms with van der Waals surface area (Å²) in [6.07, 6.45) is 2.65. The number of rotatable bonds is 3. The van der Waals surface area contributed by atoms with E-state index in [1.807, 2.05) is 4.90 Å². The molecule has 0 aliphatic carbocycles. The molecule has 0 saturated carbocycles. The lowest BCUT2D eigenvalue weighted by atomic mass is 10.1. The van der Waals surface area contributed by atoms with Crippen LogP contribution in [0, 0.1) is 16.0 Å². The molecule has 7 nitrogen and oxygen atoms in total. The monoisotopic (exact) mass is 281 g/mol. The molecule has 2 atom stereocenters. The van der Waals surface area contributed by atoms with Crippen molar-refractivity contribution in [1.82, 2.24) is 9.38 Å². The first-order valence-corrected chi connectivity index (χ1v) is 7.06. The maximum atomic E-state index is 11.3. The summed E-state index contributed by atoms with van der Waals surface area (Å²) >= 11 is 1.40. The van der Waals surface area contributed by atoms with Crippen LogP contribution in [0.5, 0.6) is 0 Å². The smallest absolute Gasteiger partial charge is 0.358 e. The molecule has 2 unspecified atom stereocenters. The van der Waals surface area contributed by atoms with Gasteiger partial charge in [-0.05, 0) is 30.7 Å². The quantitative estimate of drug-likeness (QED) is 0.679. The number of nitrogens with zero attached hydrogens (tertiary/aromatic N) is 4. The fourth-order valence-corrected chi connectivity index (χ4v) is 3.44. The molecule has 3 heterocycles. The van der Waals surface area contributed by atoms with Crippen LogP contribution in [0.2, 0.25) is 0 Å². The van der Waals surface area contributed by atoms with Crippen molar-refractivity contribution in [1.29, 1.82) is 0 Å². The fourth-order valence-electron chi connectivity index (χ4n) is 2.73. The van der Waals surface area contributed by atoms with E-state index in [-0.39, 0.29) is 16.8 Å². The van der Waals surface area contributed by atoms with E-state index in [4.69, 9.17) is 5.73 Å². The minimum Gasteiger partial charge on any atom is -0.358 e. The van der Waals surface area contributed by atoms with E-state index < -0.39 is 0 Å². The highest BCUT2D eigenvalue weighted by Crippen LogP contribution is 2.36. The fraction of sp³-hybridized carbons (Fsp3) is 0.545. The second kappa shape index (κ2) is 4.46. The molecule has 0 bridgehead atoms. The van der Waals surface area contributed by atoms with Gasteiger partial charge in [0.25, 0.3) is 4.96 Å². The molecule has 0 amide bonds. The van der Waals surface area contributed by atoms with Crippen molar-refractivity contribution in [2.24, 2.45) is 11.7 Å². The molecule has 19 heavy (non-hydrogen) atoms. The van der Waals surface area contributed by atoms with Crippen LogP contribution in [0.3, 0.4) is 0 Å². The molecule has 2 aromatic rings. The van der Waals surface area contributed by atoms with E-state index in [0.717, 1.165) is 13.0 Å². The molecule has 102 valence electrons. The Morgan fingerprint density at radius 2 is 2.47 bits per heavy atom. The van der Waals surface area contributed by atoms with Gasteiger partial charge in [-0.3, -0.25) is 0 Å². The number of aromatic nitrogens is 2. The van der Waals surface area contributed by atoms with Crippen LogP contribution < -0.4 is 10.6 Å². The Kier molecular flexibility index (Phi) is 2.90. The van der Waals surface area contributed by atoms with Gasteiger partial charge in [-0.15, -0.1) is 0 Å². The molecule has 1 fully saturated rings. The number of imidazole rings is 1. The molecule has 1 aliphatic rings. The molecular weight excluding hydrogens is 266 g/mol. The van der Waals surface area contributed by atoms with Gasteiger partial charge in [0.15, 0.2) is 0 Å². The molecule has 0 radical (unpaired) electrons. The van der Waals surface area contributed by atoms with Gasteiger partial charge >= 0.3 is 5.82 Å². The zero-order chi connectivity index (χ0) is 13.6. The molecule has 2 aromatic heterocycles. The van der Waals surface area contributed by atoms with Crippen molar-refractivity contribution in [3.05, 3.63) is 21.7 Å². The number of hydrogen-bond donors (Lipinski definition) is 1. The van der Waals surface area contributed by atoms with E-state index in [1.165, 1.54) is 11.3 Å². The minimum atomic E-state index is -0.357. The summed E-state index contributed by atoms with van der Waals surface area (Å²) in [5.41, 5.74) is 5.71. The molecule has 8 heteroatoms. The SMILES string of the molecule is CC1CC(CN)CN1c1nc2sccn2c1[N+](=O)[O-]. The van der Waals surface area contributed by atoms with Crippen molar-refractivity contribution in [3.63, 3.8) is 0 Å². The van der Waals surface area contributed by atoms with Crippen molar-refractivity contribution in [2.45, 2.75) is 19.4 Å². The van der Waals surface area contributed by atoms with Crippen LogP contribution in [0.25, 0.3) is 4.96 Å². The minimum absolute atomic E-state index is 0.0563. The first-order valence-electron chi connectivity index (χ1n) is 6.18. The number of nitrogens with two attached hydrogens (primary N) is 1. The van der Waals surface area contributed by atoms with E-state index in [9.17, 15) is 10.1 Å². The highest BCUT2D eigenvalue weighted by atomic mass is 32.1. The zero-order valence-corrected chi connectivity index (χ0v) is 11.3. The molecule has 1 aliphatic heterocycles. The van der Waals surface area contributed by atoms with Crippen LogP contribution in [0.1, 0.15) is 13.3 Å². The Morgan fingerprint density at radius 3 is 3.11 bits per heavy atom. The number of thiazole rings is 1. The predicted octanol–water partition coefficient (Wildman–Crippen LogP) is 1.48. The third-order valence-corrected chi connectivity index (χ3v) is 4.42. The highest BCUT2D eigenvalue weighted by Gasteiger charge is 2.36. The average molecular weight is 281 g/mol. The Balaban J connectivity index is 2.07. The molecule has 2 N–H and O–H groups in total. The zero-order valence-electron chi connectivity index (χ0n) is 10.5. The average Bonchev–Trinajstić information content (AvgIpc) is 3.00. The summed E-state index contributed by atoms with van der Waals surface area (Å²) in [4.78, 5) is 18.0. The number of hydrogen-bond acceptors (Lipinski definition) is 6. The Labute approximate surface area is 113 Å². The van der Waals surface area contributed by atoms with Crippen LogP contribution in [-0.4, -0.2) is 33.4 Å². The summed E-state index contributed by atoms with van der Waals surface area (Å²) in [5.74, 6) is 0.912. The molecule has 0 spiro atoms. The summed E-state index contributed by atoms with van der Waals surface area (Å²) in [7, 11) is 0. The molecule has 0 aromatic carbocycles. The molecule has 3 rings (SSSR count). The topological polar surface area (TPSA) is 89.7 Å². The number of fused-ring (bicyclic) bond motifs is 1. The third kappa shape index (κ3) is 1.87. The summed E-state index contributed by atoms with van der Waals surface area (Å²) < 4.78 is 1.54. The second-order valence-corrected chi connectivity index (χ2v) is 5.78. The Morgan fingerprint density at radius 1 is 1.68 bits per heavy atom. The first-order chi connectivity index (χ1) is 9.11. The lowest BCUT2D eigenvalue weighted by molar-refractivity contribution is -0.389. The normalized spacial score (nSPS) is 23.4. The van der Waals surface area contributed by atoms with Gasteiger partial charge < -0.3 is 20.7 Å². The second-order valence-electron chi connectivity index (χ2n) is 4.91. The van der Waals surface area contributed by atoms with Crippen molar-refractivity contribution < 1.29 is 4.92 Å². The van der Waals surface area contributed by atoms with Gasteiger partial charge in [0.1, 0.15) is 6.20 Å². The summed E-state index contributed by atoms with van der Waals surface area (Å²) in [6, 6.07) is 0.233. The van der Waals surface area contributed by atoms with Gasteiger partial charge in [-0.2, -0.15) is 9.38 Å². The first kappa shape index (κ1) is 12.4. The predicted molar refractivity (Wildman–Crippen MR) is 73.7 cm³/mol. The van der Waals surface area contributed by atoms with Gasteiger partial charge in [-0.25, -0.2) is 0 Å². The van der Waals surface area contributed by atoms with Gasteiger partial charge in [0, 0.05) is 18.0 Å². The van der Waals surface area contributed by atoms with Crippen molar-refractivity contribution in [3.8, 4) is 0 Å². The largest absolute Gasteiger partial charge is 0.373 e. The highest BCUT2D eigenvalue weighted by molar-refractivity contribution is 7.15. The molecule has 1 saturated heterocycles. The molecular formula is C11H15N5O2S. The number of nitro groups is 1. The Hall–Kier alpha value is -1.67. The van der Waals surface area contributed by atoms with E-state index in [2.05, 4.69) is 11.9 Å². The van der Waals surface area contributed by atoms with Crippen LogP contribution in [0.4, 0.5) is 11.6 Å². The third-order valence-electron chi connectivity index (χ3n) is 3.66. The standard InChI is InChI=1S/C11H15N5O2S/c1-7-4-8(5-12)6-15(7)9-10(16(17)18)14-2-3-19-11(14)13-9/h2-3,7-8H,4-6,12H2,1H3. The maximum Gasteiger partial charge on any atom is 0.373 e. The van der Waals surface area contributed by atoms with Crippen LogP contribution in [-0.2, 0) is 0 Å². The van der Waals surface area contributed by atoms with E-state index in [1.54, 1.807) is 16.0 Å². The summed E-state index contributed by atoms with van der Waals surface area (Å²) in [5, 5.41) is 13.1. The van der Waals surface area contributed by atoms with Gasteiger partial charge in [-0.1, -0.05) is 11.3 Å². The maximum absolute atomic E-state index is 11.3. The van der Waals surface area contributed by atoms with E-state index in [0.29, 0.717) is 23.2 Å². The van der Waals surface area contributed by atoms with Gasteiger partial charge in [0.05, 0.1) is 0 Å². The summed E-state index contributed by atoms with van der Waals surface area (Å²) in [6.45, 7) is 3.41. The van der Waals surface area contributed by atoms with Gasteiger partial charge in [0.2, 0.25) is 5.82 Å². The lowest BCUT2D eigenvalue weighted by Crippen LogP contribution is -2.28. The van der Waals surface area contributed by atoms with E-state index >= 15 is 0 Å².